The molecule has 0 unspecified atom stereocenters. The zero-order valence-corrected chi connectivity index (χ0v) is 14.7. The minimum atomic E-state index is -3.61. The fourth-order valence-corrected chi connectivity index (χ4v) is 3.96. The Labute approximate surface area is 141 Å². The van der Waals surface area contributed by atoms with Crippen molar-refractivity contribution in [1.82, 2.24) is 14.5 Å². The summed E-state index contributed by atoms with van der Waals surface area (Å²) >= 11 is 0. The molecule has 1 amide bonds. The molecule has 7 nitrogen and oxygen atoms in total. The molecule has 0 radical (unpaired) electrons. The maximum atomic E-state index is 12.4. The van der Waals surface area contributed by atoms with Crippen LogP contribution in [0, 0.1) is 13.8 Å². The molecule has 2 heterocycles. The topological polar surface area (TPSA) is 84.3 Å². The molecule has 128 valence electrons. The van der Waals surface area contributed by atoms with Gasteiger partial charge in [-0.05, 0) is 43.7 Å². The third kappa shape index (κ3) is 3.07. The Hall–Kier alpha value is -2.19. The first-order valence-electron chi connectivity index (χ1n) is 7.68. The van der Waals surface area contributed by atoms with Gasteiger partial charge < -0.3 is 4.90 Å². The van der Waals surface area contributed by atoms with Gasteiger partial charge in [0.2, 0.25) is 15.9 Å². The Kier molecular flexibility index (Phi) is 4.18. The highest BCUT2D eigenvalue weighted by molar-refractivity contribution is 7.89. The zero-order chi connectivity index (χ0) is 17.5. The molecule has 1 aliphatic rings. The van der Waals surface area contributed by atoms with Crippen molar-refractivity contribution in [3.8, 4) is 0 Å². The molecule has 0 saturated heterocycles. The summed E-state index contributed by atoms with van der Waals surface area (Å²) in [5, 5.41) is 4.31. The quantitative estimate of drug-likeness (QED) is 0.873. The molecular formula is C16H20N4O3S. The minimum absolute atomic E-state index is 0.0305. The largest absolute Gasteiger partial charge is 0.315 e. The van der Waals surface area contributed by atoms with E-state index in [-0.39, 0.29) is 23.8 Å². The zero-order valence-electron chi connectivity index (χ0n) is 13.9. The maximum absolute atomic E-state index is 12.4. The average molecular weight is 348 g/mol. The Balaban J connectivity index is 1.71. The number of nitrogens with zero attached hydrogens (tertiary/aromatic N) is 3. The summed E-state index contributed by atoms with van der Waals surface area (Å²) in [6.07, 6.45) is 0.237. The highest BCUT2D eigenvalue weighted by Crippen LogP contribution is 2.29. The smallest absolute Gasteiger partial charge is 0.240 e. The van der Waals surface area contributed by atoms with E-state index < -0.39 is 10.0 Å². The lowest BCUT2D eigenvalue weighted by molar-refractivity contribution is -0.117. The van der Waals surface area contributed by atoms with E-state index >= 15 is 0 Å². The first-order chi connectivity index (χ1) is 11.3. The minimum Gasteiger partial charge on any atom is -0.315 e. The van der Waals surface area contributed by atoms with E-state index in [2.05, 4.69) is 9.82 Å². The lowest BCUT2D eigenvalue weighted by Crippen LogP contribution is -2.28. The lowest BCUT2D eigenvalue weighted by atomic mass is 10.2. The summed E-state index contributed by atoms with van der Waals surface area (Å²) in [5.41, 5.74) is 3.40. The Bertz CT molecular complexity index is 902. The number of sulfonamides is 1. The second-order valence-corrected chi connectivity index (χ2v) is 7.74. The number of fused-ring (bicyclic) bond motifs is 1. The van der Waals surface area contributed by atoms with E-state index in [0.717, 1.165) is 22.6 Å². The second kappa shape index (κ2) is 6.03. The molecule has 1 N–H and O–H groups in total. The van der Waals surface area contributed by atoms with Gasteiger partial charge in [0.1, 0.15) is 0 Å². The molecule has 2 aromatic rings. The molecule has 0 atom stereocenters. The number of amides is 1. The van der Waals surface area contributed by atoms with E-state index in [0.29, 0.717) is 6.54 Å². The molecule has 1 aromatic heterocycles. The predicted molar refractivity (Wildman–Crippen MR) is 90.4 cm³/mol. The van der Waals surface area contributed by atoms with Crippen LogP contribution in [0.5, 0.6) is 0 Å². The van der Waals surface area contributed by atoms with Crippen LogP contribution in [0.2, 0.25) is 0 Å². The van der Waals surface area contributed by atoms with Gasteiger partial charge in [-0.3, -0.25) is 9.48 Å². The molecule has 1 aliphatic heterocycles. The molecule has 0 spiro atoms. The number of anilines is 1. The normalized spacial score (nSPS) is 14.3. The van der Waals surface area contributed by atoms with Gasteiger partial charge >= 0.3 is 0 Å². The number of likely N-dealkylation sites (N-methyl/N-ethyl adjacent to an activating group) is 1. The highest BCUT2D eigenvalue weighted by Gasteiger charge is 2.26. The summed E-state index contributed by atoms with van der Waals surface area (Å²) < 4.78 is 29.2. The van der Waals surface area contributed by atoms with Gasteiger partial charge in [-0.2, -0.15) is 5.10 Å². The molecule has 0 aliphatic carbocycles. The molecule has 0 fully saturated rings. The van der Waals surface area contributed by atoms with Gasteiger partial charge in [-0.25, -0.2) is 13.1 Å². The summed E-state index contributed by atoms with van der Waals surface area (Å²) in [4.78, 5) is 13.4. The van der Waals surface area contributed by atoms with Crippen LogP contribution in [-0.2, 0) is 27.8 Å². The fraction of sp³-hybridized carbons (Fsp3) is 0.375. The molecule has 24 heavy (non-hydrogen) atoms. The van der Waals surface area contributed by atoms with Crippen LogP contribution in [0.3, 0.4) is 0 Å². The van der Waals surface area contributed by atoms with Crippen molar-refractivity contribution in [2.75, 3.05) is 18.5 Å². The van der Waals surface area contributed by atoms with Crippen molar-refractivity contribution in [2.24, 2.45) is 0 Å². The number of nitrogens with one attached hydrogen (secondary N) is 1. The fourth-order valence-electron chi connectivity index (χ4n) is 2.88. The van der Waals surface area contributed by atoms with E-state index in [1.807, 2.05) is 19.9 Å². The lowest BCUT2D eigenvalue weighted by Gasteiger charge is -2.11. The number of carbonyl (C=O) groups is 1. The van der Waals surface area contributed by atoms with Crippen molar-refractivity contribution >= 4 is 21.6 Å². The molecule has 3 rings (SSSR count). The average Bonchev–Trinajstić information content (AvgIpc) is 2.98. The van der Waals surface area contributed by atoms with Crippen molar-refractivity contribution in [3.05, 3.63) is 41.2 Å². The molecule has 8 heteroatoms. The highest BCUT2D eigenvalue weighted by atomic mass is 32.2. The van der Waals surface area contributed by atoms with Gasteiger partial charge in [0.25, 0.3) is 0 Å². The monoisotopic (exact) mass is 348 g/mol. The van der Waals surface area contributed by atoms with Crippen LogP contribution < -0.4 is 9.62 Å². The Morgan fingerprint density at radius 3 is 2.67 bits per heavy atom. The summed E-state index contributed by atoms with van der Waals surface area (Å²) in [7, 11) is -1.92. The third-order valence-electron chi connectivity index (χ3n) is 4.16. The van der Waals surface area contributed by atoms with E-state index in [9.17, 15) is 13.2 Å². The first-order valence-corrected chi connectivity index (χ1v) is 9.16. The van der Waals surface area contributed by atoms with Crippen molar-refractivity contribution < 1.29 is 13.2 Å². The summed E-state index contributed by atoms with van der Waals surface area (Å²) in [5.74, 6) is -0.0305. The second-order valence-electron chi connectivity index (χ2n) is 5.97. The van der Waals surface area contributed by atoms with Crippen molar-refractivity contribution in [3.63, 3.8) is 0 Å². The van der Waals surface area contributed by atoms with E-state index in [4.69, 9.17) is 0 Å². The van der Waals surface area contributed by atoms with Gasteiger partial charge in [0, 0.05) is 25.0 Å². The van der Waals surface area contributed by atoms with Crippen LogP contribution >= 0.6 is 0 Å². The van der Waals surface area contributed by atoms with Crippen molar-refractivity contribution in [1.29, 1.82) is 0 Å². The summed E-state index contributed by atoms with van der Waals surface area (Å²) in [6.45, 7) is 4.55. The van der Waals surface area contributed by atoms with Gasteiger partial charge in [0.15, 0.2) is 0 Å². The number of aryl methyl sites for hydroxylation is 2. The van der Waals surface area contributed by atoms with Gasteiger partial charge in [0.05, 0.1) is 23.6 Å². The Morgan fingerprint density at radius 2 is 2.00 bits per heavy atom. The number of carbonyl (C=O) groups excluding carboxylic acids is 1. The molecule has 1 aromatic carbocycles. The van der Waals surface area contributed by atoms with Gasteiger partial charge in [-0.15, -0.1) is 0 Å². The maximum Gasteiger partial charge on any atom is 0.240 e. The molecule has 0 bridgehead atoms. The Morgan fingerprint density at radius 1 is 1.25 bits per heavy atom. The number of rotatable bonds is 5. The first kappa shape index (κ1) is 16.7. The SMILES string of the molecule is Cc1cc(C)n(CCNS(=O)(=O)c2ccc3c(c2)CC(=O)N3C)n1. The van der Waals surface area contributed by atoms with E-state index in [1.54, 1.807) is 28.8 Å². The van der Waals surface area contributed by atoms with Crippen LogP contribution in [0.1, 0.15) is 17.0 Å². The number of hydrogen-bond donors (Lipinski definition) is 1. The van der Waals surface area contributed by atoms with Crippen LogP contribution in [0.4, 0.5) is 5.69 Å². The summed E-state index contributed by atoms with van der Waals surface area (Å²) in [6, 6.07) is 6.72. The van der Waals surface area contributed by atoms with Crippen molar-refractivity contribution in [2.45, 2.75) is 31.7 Å². The number of aromatic nitrogens is 2. The van der Waals surface area contributed by atoms with E-state index in [1.165, 1.54) is 6.07 Å². The predicted octanol–water partition coefficient (Wildman–Crippen LogP) is 0.997. The number of benzene rings is 1. The van der Waals surface area contributed by atoms with Crippen LogP contribution in [-0.4, -0.2) is 37.7 Å². The van der Waals surface area contributed by atoms with Crippen LogP contribution in [0.15, 0.2) is 29.2 Å². The molecule has 0 saturated carbocycles. The molecular weight excluding hydrogens is 328 g/mol. The third-order valence-corrected chi connectivity index (χ3v) is 5.62. The van der Waals surface area contributed by atoms with Crippen LogP contribution in [0.25, 0.3) is 0 Å². The standard InChI is InChI=1S/C16H20N4O3S/c1-11-8-12(2)20(18-11)7-6-17-24(22,23)14-4-5-15-13(9-14)10-16(21)19(15)3/h4-5,8-9,17H,6-7,10H2,1-3H3. The van der Waals surface area contributed by atoms with Gasteiger partial charge in [-0.1, -0.05) is 0 Å². The number of hydrogen-bond acceptors (Lipinski definition) is 4.